The summed E-state index contributed by atoms with van der Waals surface area (Å²) in [4.78, 5) is 11.0. The topological polar surface area (TPSA) is 77.5 Å². The number of carboxylic acid groups (broad SMARTS) is 1. The summed E-state index contributed by atoms with van der Waals surface area (Å²) in [6, 6.07) is 5.29. The van der Waals surface area contributed by atoms with E-state index in [2.05, 4.69) is 0 Å². The summed E-state index contributed by atoms with van der Waals surface area (Å²) in [5.74, 6) is -0.378. The fourth-order valence-corrected chi connectivity index (χ4v) is 1.84. The molecule has 5 heteroatoms. The van der Waals surface area contributed by atoms with E-state index in [1.54, 1.807) is 36.9 Å². The first-order valence-electron chi connectivity index (χ1n) is 4.71. The van der Waals surface area contributed by atoms with E-state index in [9.17, 15) is 4.79 Å². The minimum Gasteiger partial charge on any atom is -0.497 e. The van der Waals surface area contributed by atoms with Gasteiger partial charge in [-0.05, 0) is 18.2 Å². The summed E-state index contributed by atoms with van der Waals surface area (Å²) < 4.78 is 6.64. The zero-order valence-electron chi connectivity index (χ0n) is 9.02. The number of fused-ring (bicyclic) bond motifs is 1. The van der Waals surface area contributed by atoms with Gasteiger partial charge in [0.15, 0.2) is 5.69 Å². The van der Waals surface area contributed by atoms with Gasteiger partial charge in [0, 0.05) is 12.4 Å². The Hall–Kier alpha value is -2.17. The molecule has 0 amide bonds. The Bertz CT molecular complexity index is 572. The van der Waals surface area contributed by atoms with Crippen molar-refractivity contribution in [2.45, 2.75) is 0 Å². The number of nitrogens with two attached hydrogens (primary N) is 1. The summed E-state index contributed by atoms with van der Waals surface area (Å²) in [5, 5.41) is 9.74. The van der Waals surface area contributed by atoms with Gasteiger partial charge in [0.25, 0.3) is 0 Å². The monoisotopic (exact) mass is 220 g/mol. The van der Waals surface area contributed by atoms with Gasteiger partial charge in [-0.25, -0.2) is 4.79 Å². The lowest BCUT2D eigenvalue weighted by molar-refractivity contribution is 0.0688. The third-order valence-corrected chi connectivity index (χ3v) is 2.65. The second kappa shape index (κ2) is 3.44. The highest BCUT2D eigenvalue weighted by molar-refractivity contribution is 6.05. The number of nitrogen functional groups attached to an aromatic ring is 1. The molecule has 84 valence electrons. The third-order valence-electron chi connectivity index (χ3n) is 2.65. The zero-order valence-corrected chi connectivity index (χ0v) is 9.02. The molecule has 0 saturated heterocycles. The van der Waals surface area contributed by atoms with E-state index in [0.29, 0.717) is 11.1 Å². The van der Waals surface area contributed by atoms with Crippen LogP contribution in [0.3, 0.4) is 0 Å². The molecule has 0 atom stereocenters. The fraction of sp³-hybridized carbons (Fsp3) is 0.182. The number of aromatic nitrogens is 1. The average Bonchev–Trinajstić information content (AvgIpc) is 2.51. The molecule has 0 unspecified atom stereocenters. The maximum absolute atomic E-state index is 11.0. The summed E-state index contributed by atoms with van der Waals surface area (Å²) in [7, 11) is 3.23. The summed E-state index contributed by atoms with van der Waals surface area (Å²) in [5.41, 5.74) is 6.95. The molecule has 0 saturated carbocycles. The SMILES string of the molecule is COc1ccc2c(c1)c(N)c(C(=O)O)n2C. The Kier molecular flexibility index (Phi) is 2.23. The molecule has 5 nitrogen and oxygen atoms in total. The Balaban J connectivity index is 2.83. The van der Waals surface area contributed by atoms with Crippen LogP contribution in [0.5, 0.6) is 5.75 Å². The maximum Gasteiger partial charge on any atom is 0.354 e. The predicted octanol–water partition coefficient (Wildman–Crippen LogP) is 1.47. The summed E-state index contributed by atoms with van der Waals surface area (Å²) >= 11 is 0. The highest BCUT2D eigenvalue weighted by Crippen LogP contribution is 2.30. The number of aryl methyl sites for hydroxylation is 1. The van der Waals surface area contributed by atoms with Gasteiger partial charge >= 0.3 is 5.97 Å². The molecule has 0 radical (unpaired) electrons. The Morgan fingerprint density at radius 3 is 2.75 bits per heavy atom. The number of carboxylic acids is 1. The van der Waals surface area contributed by atoms with Gasteiger partial charge in [0.1, 0.15) is 5.75 Å². The molecule has 0 fully saturated rings. The lowest BCUT2D eigenvalue weighted by Crippen LogP contribution is -2.06. The molecule has 2 rings (SSSR count). The number of hydrogen-bond donors (Lipinski definition) is 2. The summed E-state index contributed by atoms with van der Waals surface area (Å²) in [6.45, 7) is 0. The quantitative estimate of drug-likeness (QED) is 0.803. The molecule has 0 aliphatic heterocycles. The van der Waals surface area contributed by atoms with Crippen molar-refractivity contribution in [3.05, 3.63) is 23.9 Å². The van der Waals surface area contributed by atoms with Gasteiger partial charge in [0.05, 0.1) is 18.3 Å². The van der Waals surface area contributed by atoms with Gasteiger partial charge < -0.3 is 20.1 Å². The molecule has 1 heterocycles. The minimum atomic E-state index is -1.03. The predicted molar refractivity (Wildman–Crippen MR) is 60.8 cm³/mol. The largest absolute Gasteiger partial charge is 0.497 e. The zero-order chi connectivity index (χ0) is 11.9. The van der Waals surface area contributed by atoms with Crippen LogP contribution in [-0.2, 0) is 7.05 Å². The molecular formula is C11H12N2O3. The first-order chi connectivity index (χ1) is 7.56. The summed E-state index contributed by atoms with van der Waals surface area (Å²) in [6.07, 6.45) is 0. The molecule has 0 aliphatic rings. The fourth-order valence-electron chi connectivity index (χ4n) is 1.84. The number of carbonyl (C=O) groups is 1. The van der Waals surface area contributed by atoms with E-state index in [4.69, 9.17) is 15.6 Å². The van der Waals surface area contributed by atoms with Gasteiger partial charge in [-0.3, -0.25) is 0 Å². The number of hydrogen-bond acceptors (Lipinski definition) is 3. The normalized spacial score (nSPS) is 10.6. The molecule has 16 heavy (non-hydrogen) atoms. The van der Waals surface area contributed by atoms with E-state index in [1.807, 2.05) is 0 Å². The minimum absolute atomic E-state index is 0.100. The molecular weight excluding hydrogens is 208 g/mol. The van der Waals surface area contributed by atoms with Gasteiger partial charge in [-0.2, -0.15) is 0 Å². The van der Waals surface area contributed by atoms with Crippen LogP contribution >= 0.6 is 0 Å². The average molecular weight is 220 g/mol. The van der Waals surface area contributed by atoms with Crippen molar-refractivity contribution in [1.29, 1.82) is 0 Å². The van der Waals surface area contributed by atoms with Crippen molar-refractivity contribution < 1.29 is 14.6 Å². The van der Waals surface area contributed by atoms with Gasteiger partial charge in [-0.1, -0.05) is 0 Å². The number of benzene rings is 1. The second-order valence-corrected chi connectivity index (χ2v) is 3.51. The van der Waals surface area contributed by atoms with Crippen molar-refractivity contribution in [3.63, 3.8) is 0 Å². The van der Waals surface area contributed by atoms with Crippen molar-refractivity contribution in [2.24, 2.45) is 7.05 Å². The standard InChI is InChI=1S/C11H12N2O3/c1-13-8-4-3-6(16-2)5-7(8)9(12)10(13)11(14)15/h3-5H,12H2,1-2H3,(H,14,15). The molecule has 0 spiro atoms. The van der Waals surface area contributed by atoms with Crippen molar-refractivity contribution in [2.75, 3.05) is 12.8 Å². The van der Waals surface area contributed by atoms with E-state index in [0.717, 1.165) is 5.52 Å². The van der Waals surface area contributed by atoms with Crippen LogP contribution in [0.4, 0.5) is 5.69 Å². The van der Waals surface area contributed by atoms with Crippen LogP contribution in [0, 0.1) is 0 Å². The van der Waals surface area contributed by atoms with Crippen LogP contribution in [0.15, 0.2) is 18.2 Å². The van der Waals surface area contributed by atoms with Crippen LogP contribution in [-0.4, -0.2) is 22.8 Å². The lowest BCUT2D eigenvalue weighted by Gasteiger charge is -2.00. The highest BCUT2D eigenvalue weighted by atomic mass is 16.5. The molecule has 0 bridgehead atoms. The number of aromatic carboxylic acids is 1. The van der Waals surface area contributed by atoms with Crippen molar-refractivity contribution >= 4 is 22.6 Å². The molecule has 1 aromatic carbocycles. The van der Waals surface area contributed by atoms with E-state index < -0.39 is 5.97 Å². The van der Waals surface area contributed by atoms with Crippen molar-refractivity contribution in [3.8, 4) is 5.75 Å². The van der Waals surface area contributed by atoms with Crippen molar-refractivity contribution in [1.82, 2.24) is 4.57 Å². The van der Waals surface area contributed by atoms with Crippen LogP contribution in [0.25, 0.3) is 10.9 Å². The Labute approximate surface area is 92.0 Å². The molecule has 0 aliphatic carbocycles. The van der Waals surface area contributed by atoms with Gasteiger partial charge in [0.2, 0.25) is 0 Å². The maximum atomic E-state index is 11.0. The third kappa shape index (κ3) is 1.29. The Morgan fingerprint density at radius 2 is 2.19 bits per heavy atom. The molecule has 1 aromatic heterocycles. The number of nitrogens with zero attached hydrogens (tertiary/aromatic N) is 1. The lowest BCUT2D eigenvalue weighted by atomic mass is 10.2. The second-order valence-electron chi connectivity index (χ2n) is 3.51. The number of ether oxygens (including phenoxy) is 1. The van der Waals surface area contributed by atoms with Crippen LogP contribution < -0.4 is 10.5 Å². The van der Waals surface area contributed by atoms with E-state index in [-0.39, 0.29) is 11.4 Å². The van der Waals surface area contributed by atoms with E-state index in [1.165, 1.54) is 0 Å². The van der Waals surface area contributed by atoms with Crippen LogP contribution in [0.2, 0.25) is 0 Å². The highest BCUT2D eigenvalue weighted by Gasteiger charge is 2.18. The van der Waals surface area contributed by atoms with Gasteiger partial charge in [-0.15, -0.1) is 0 Å². The first-order valence-corrected chi connectivity index (χ1v) is 4.71. The number of rotatable bonds is 2. The van der Waals surface area contributed by atoms with Crippen LogP contribution in [0.1, 0.15) is 10.5 Å². The molecule has 3 N–H and O–H groups in total. The first kappa shape index (κ1) is 10.4. The Morgan fingerprint density at radius 1 is 1.50 bits per heavy atom. The number of methoxy groups -OCH3 is 1. The van der Waals surface area contributed by atoms with E-state index >= 15 is 0 Å². The number of anilines is 1. The smallest absolute Gasteiger partial charge is 0.354 e. The molecule has 2 aromatic rings.